The third-order valence-electron chi connectivity index (χ3n) is 6.65. The second kappa shape index (κ2) is 8.19. The molecule has 6 heteroatoms. The number of para-hydroxylation sites is 1. The quantitative estimate of drug-likeness (QED) is 0.779. The van der Waals surface area contributed by atoms with Crippen LogP contribution in [0.2, 0.25) is 0 Å². The number of nitrogens with zero attached hydrogens (tertiary/aromatic N) is 3. The van der Waals surface area contributed by atoms with Crippen LogP contribution < -0.4 is 0 Å². The monoisotopic (exact) mass is 397 g/mol. The fourth-order valence-electron chi connectivity index (χ4n) is 5.10. The van der Waals surface area contributed by atoms with E-state index in [1.807, 2.05) is 29.0 Å². The summed E-state index contributed by atoms with van der Waals surface area (Å²) in [7, 11) is 3.69. The molecule has 29 heavy (non-hydrogen) atoms. The lowest BCUT2D eigenvalue weighted by Crippen LogP contribution is -2.55. The van der Waals surface area contributed by atoms with Crippen LogP contribution in [-0.4, -0.2) is 66.1 Å². The number of likely N-dealkylation sites (tertiary alicyclic amines) is 2. The summed E-state index contributed by atoms with van der Waals surface area (Å²) in [5, 5.41) is 1.16. The molecule has 156 valence electrons. The first-order valence-electron chi connectivity index (χ1n) is 10.6. The molecule has 0 unspecified atom stereocenters. The van der Waals surface area contributed by atoms with Crippen molar-refractivity contribution in [2.75, 3.05) is 39.9 Å². The largest absolute Gasteiger partial charge is 0.383 e. The van der Waals surface area contributed by atoms with Gasteiger partial charge in [0.15, 0.2) is 0 Å². The van der Waals surface area contributed by atoms with Crippen molar-refractivity contribution in [3.05, 3.63) is 36.0 Å². The second-order valence-corrected chi connectivity index (χ2v) is 8.69. The van der Waals surface area contributed by atoms with Crippen molar-refractivity contribution < 1.29 is 14.3 Å². The fourth-order valence-corrected chi connectivity index (χ4v) is 5.10. The van der Waals surface area contributed by atoms with Gasteiger partial charge in [-0.1, -0.05) is 18.2 Å². The van der Waals surface area contributed by atoms with Crippen LogP contribution in [0.1, 0.15) is 31.2 Å². The van der Waals surface area contributed by atoms with Gasteiger partial charge in [0.05, 0.1) is 13.0 Å². The van der Waals surface area contributed by atoms with Gasteiger partial charge < -0.3 is 19.1 Å². The average Bonchev–Trinajstić information content (AvgIpc) is 3.05. The summed E-state index contributed by atoms with van der Waals surface area (Å²) in [6.45, 7) is 3.52. The Morgan fingerprint density at radius 1 is 1.21 bits per heavy atom. The molecule has 3 heterocycles. The smallest absolute Gasteiger partial charge is 0.227 e. The predicted octanol–water partition coefficient (Wildman–Crippen LogP) is 2.60. The maximum absolute atomic E-state index is 13.2. The van der Waals surface area contributed by atoms with Crippen molar-refractivity contribution in [1.82, 2.24) is 14.4 Å². The summed E-state index contributed by atoms with van der Waals surface area (Å²) >= 11 is 0. The highest BCUT2D eigenvalue weighted by molar-refractivity contribution is 5.89. The van der Waals surface area contributed by atoms with Crippen LogP contribution in [-0.2, 0) is 27.8 Å². The fraction of sp³-hybridized carbons (Fsp3) is 0.565. The van der Waals surface area contributed by atoms with Gasteiger partial charge >= 0.3 is 0 Å². The Hall–Kier alpha value is -2.34. The lowest BCUT2D eigenvalue weighted by atomic mass is 9.73. The standard InChI is InChI=1S/C23H31N3O3/c1-24-15-18(19-6-3-4-7-20(19)24)14-22(28)25-11-5-9-23(16-25)10-8-21(27)26(17-23)12-13-29-2/h3-4,6-7,15H,5,8-14,16-17H2,1-2H3/t23-/m0/s1. The van der Waals surface area contributed by atoms with E-state index in [4.69, 9.17) is 4.74 Å². The first kappa shape index (κ1) is 20.0. The number of benzene rings is 1. The number of ether oxygens (including phenoxy) is 1. The second-order valence-electron chi connectivity index (χ2n) is 8.69. The van der Waals surface area contributed by atoms with Crippen molar-refractivity contribution in [3.63, 3.8) is 0 Å². The Morgan fingerprint density at radius 3 is 2.86 bits per heavy atom. The summed E-state index contributed by atoms with van der Waals surface area (Å²) in [6.07, 6.45) is 6.07. The maximum Gasteiger partial charge on any atom is 0.227 e. The number of methoxy groups -OCH3 is 1. The Bertz CT molecular complexity index is 906. The van der Waals surface area contributed by atoms with Gasteiger partial charge in [0, 0.05) is 69.3 Å². The number of amides is 2. The van der Waals surface area contributed by atoms with E-state index >= 15 is 0 Å². The molecule has 2 saturated heterocycles. The zero-order valence-electron chi connectivity index (χ0n) is 17.5. The van der Waals surface area contributed by atoms with Crippen LogP contribution in [0, 0.1) is 5.41 Å². The molecule has 1 aromatic carbocycles. The van der Waals surface area contributed by atoms with Crippen LogP contribution >= 0.6 is 0 Å². The molecule has 0 radical (unpaired) electrons. The molecular weight excluding hydrogens is 366 g/mol. The van der Waals surface area contributed by atoms with Crippen LogP contribution in [0.3, 0.4) is 0 Å². The molecule has 1 spiro atoms. The predicted molar refractivity (Wildman–Crippen MR) is 113 cm³/mol. The number of aromatic nitrogens is 1. The number of rotatable bonds is 5. The molecule has 1 atom stereocenters. The number of carbonyl (C=O) groups excluding carboxylic acids is 2. The van der Waals surface area contributed by atoms with E-state index in [1.165, 1.54) is 0 Å². The molecule has 6 nitrogen and oxygen atoms in total. The van der Waals surface area contributed by atoms with Gasteiger partial charge in [-0.25, -0.2) is 0 Å². The summed E-state index contributed by atoms with van der Waals surface area (Å²) in [6, 6.07) is 8.24. The summed E-state index contributed by atoms with van der Waals surface area (Å²) in [5.41, 5.74) is 2.28. The van der Waals surface area contributed by atoms with Gasteiger partial charge in [-0.15, -0.1) is 0 Å². The Labute approximate surface area is 172 Å². The molecule has 0 saturated carbocycles. The van der Waals surface area contributed by atoms with Crippen LogP contribution in [0.15, 0.2) is 30.5 Å². The molecular formula is C23H31N3O3. The number of aryl methyl sites for hydroxylation is 1. The van der Waals surface area contributed by atoms with E-state index in [9.17, 15) is 9.59 Å². The lowest BCUT2D eigenvalue weighted by Gasteiger charge is -2.48. The minimum Gasteiger partial charge on any atom is -0.383 e. The third kappa shape index (κ3) is 4.04. The highest BCUT2D eigenvalue weighted by Crippen LogP contribution is 2.39. The van der Waals surface area contributed by atoms with Crippen LogP contribution in [0.25, 0.3) is 10.9 Å². The first-order valence-corrected chi connectivity index (χ1v) is 10.6. The van der Waals surface area contributed by atoms with Crippen molar-refractivity contribution in [1.29, 1.82) is 0 Å². The molecule has 4 rings (SSSR count). The number of fused-ring (bicyclic) bond motifs is 1. The van der Waals surface area contributed by atoms with Gasteiger partial charge in [-0.3, -0.25) is 9.59 Å². The van der Waals surface area contributed by atoms with E-state index in [0.29, 0.717) is 26.0 Å². The molecule has 2 aliphatic heterocycles. The van der Waals surface area contributed by atoms with Gasteiger partial charge in [0.1, 0.15) is 0 Å². The Morgan fingerprint density at radius 2 is 2.03 bits per heavy atom. The van der Waals surface area contributed by atoms with Crippen molar-refractivity contribution >= 4 is 22.7 Å². The number of piperidine rings is 2. The van der Waals surface area contributed by atoms with Gasteiger partial charge in [0.25, 0.3) is 0 Å². The van der Waals surface area contributed by atoms with Gasteiger partial charge in [0.2, 0.25) is 11.8 Å². The molecule has 2 aliphatic rings. The van der Waals surface area contributed by atoms with E-state index in [-0.39, 0.29) is 17.2 Å². The number of carbonyl (C=O) groups is 2. The molecule has 2 amide bonds. The molecule has 0 N–H and O–H groups in total. The molecule has 0 aliphatic carbocycles. The maximum atomic E-state index is 13.2. The van der Waals surface area contributed by atoms with Crippen molar-refractivity contribution in [2.24, 2.45) is 12.5 Å². The summed E-state index contributed by atoms with van der Waals surface area (Å²) in [4.78, 5) is 29.5. The number of hydrogen-bond acceptors (Lipinski definition) is 3. The highest BCUT2D eigenvalue weighted by Gasteiger charge is 2.42. The van der Waals surface area contributed by atoms with E-state index < -0.39 is 0 Å². The molecule has 0 bridgehead atoms. The third-order valence-corrected chi connectivity index (χ3v) is 6.65. The minimum atomic E-state index is 0.0360. The van der Waals surface area contributed by atoms with E-state index in [2.05, 4.69) is 22.9 Å². The van der Waals surface area contributed by atoms with Crippen molar-refractivity contribution in [3.8, 4) is 0 Å². The van der Waals surface area contributed by atoms with Gasteiger partial charge in [-0.05, 0) is 30.9 Å². The van der Waals surface area contributed by atoms with Crippen LogP contribution in [0.4, 0.5) is 0 Å². The van der Waals surface area contributed by atoms with E-state index in [1.54, 1.807) is 7.11 Å². The highest BCUT2D eigenvalue weighted by atomic mass is 16.5. The molecule has 2 fully saturated rings. The van der Waals surface area contributed by atoms with Crippen LogP contribution in [0.5, 0.6) is 0 Å². The Kier molecular flexibility index (Phi) is 5.63. The van der Waals surface area contributed by atoms with E-state index in [0.717, 1.165) is 55.4 Å². The van der Waals surface area contributed by atoms with Crippen molar-refractivity contribution in [2.45, 2.75) is 32.1 Å². The zero-order chi connectivity index (χ0) is 20.4. The summed E-state index contributed by atoms with van der Waals surface area (Å²) < 4.78 is 7.26. The lowest BCUT2D eigenvalue weighted by molar-refractivity contribution is -0.143. The summed E-state index contributed by atoms with van der Waals surface area (Å²) in [5.74, 6) is 0.410. The first-order chi connectivity index (χ1) is 14.0. The average molecular weight is 398 g/mol. The van der Waals surface area contributed by atoms with Gasteiger partial charge in [-0.2, -0.15) is 0 Å². The zero-order valence-corrected chi connectivity index (χ0v) is 17.5. The minimum absolute atomic E-state index is 0.0360. The topological polar surface area (TPSA) is 54.8 Å². The SMILES string of the molecule is COCCN1C[C@@]2(CCCN(C(=O)Cc3cn(C)c4ccccc34)C2)CCC1=O. The number of hydrogen-bond donors (Lipinski definition) is 0. The molecule has 2 aromatic rings. The normalized spacial score (nSPS) is 22.6. The molecule has 1 aromatic heterocycles. The Balaban J connectivity index is 1.46.